The van der Waals surface area contributed by atoms with Crippen LogP contribution in [0.5, 0.6) is 0 Å². The Morgan fingerprint density at radius 2 is 2.21 bits per heavy atom. The van der Waals surface area contributed by atoms with E-state index in [1.54, 1.807) is 29.1 Å². The number of benzene rings is 1. The highest BCUT2D eigenvalue weighted by Crippen LogP contribution is 2.20. The van der Waals surface area contributed by atoms with Gasteiger partial charge in [-0.25, -0.2) is 9.37 Å². The van der Waals surface area contributed by atoms with E-state index in [1.807, 2.05) is 6.92 Å². The first-order valence-corrected chi connectivity index (χ1v) is 4.93. The molecule has 0 amide bonds. The third-order valence-electron chi connectivity index (χ3n) is 1.99. The first-order valence-electron chi connectivity index (χ1n) is 4.14. The normalized spacial score (nSPS) is 10.5. The molecule has 2 nitrogen and oxygen atoms in total. The fourth-order valence-corrected chi connectivity index (χ4v) is 1.65. The van der Waals surface area contributed by atoms with Crippen LogP contribution in [0, 0.1) is 12.7 Å². The summed E-state index contributed by atoms with van der Waals surface area (Å²) in [5, 5.41) is 0. The second-order valence-corrected chi connectivity index (χ2v) is 3.86. The Morgan fingerprint density at radius 1 is 1.43 bits per heavy atom. The van der Waals surface area contributed by atoms with Crippen molar-refractivity contribution in [2.45, 2.75) is 6.92 Å². The maximum atomic E-state index is 13.4. The summed E-state index contributed by atoms with van der Waals surface area (Å²) in [6, 6.07) is 4.83. The van der Waals surface area contributed by atoms with E-state index in [0.29, 0.717) is 5.69 Å². The van der Waals surface area contributed by atoms with Crippen molar-refractivity contribution in [2.75, 3.05) is 0 Å². The molecule has 0 atom stereocenters. The van der Waals surface area contributed by atoms with Crippen LogP contribution in [0.2, 0.25) is 0 Å². The molecule has 0 radical (unpaired) electrons. The third-order valence-corrected chi connectivity index (χ3v) is 2.49. The number of aromatic nitrogens is 2. The van der Waals surface area contributed by atoms with Gasteiger partial charge in [-0.15, -0.1) is 0 Å². The smallest absolute Gasteiger partial charge is 0.147 e. The molecule has 72 valence electrons. The van der Waals surface area contributed by atoms with Crippen LogP contribution in [0.25, 0.3) is 5.69 Å². The number of imidazole rings is 1. The monoisotopic (exact) mass is 254 g/mol. The van der Waals surface area contributed by atoms with Crippen molar-refractivity contribution in [1.82, 2.24) is 9.55 Å². The number of hydrogen-bond acceptors (Lipinski definition) is 1. The molecule has 0 unspecified atom stereocenters. The minimum atomic E-state index is -0.255. The number of aryl methyl sites for hydroxylation is 1. The van der Waals surface area contributed by atoms with E-state index in [0.717, 1.165) is 10.3 Å². The molecular formula is C10H8BrFN2. The van der Waals surface area contributed by atoms with E-state index in [9.17, 15) is 4.39 Å². The molecule has 2 aromatic rings. The van der Waals surface area contributed by atoms with Gasteiger partial charge in [-0.2, -0.15) is 0 Å². The molecule has 1 heterocycles. The Labute approximate surface area is 89.5 Å². The molecule has 14 heavy (non-hydrogen) atoms. The lowest BCUT2D eigenvalue weighted by molar-refractivity contribution is 0.616. The summed E-state index contributed by atoms with van der Waals surface area (Å²) >= 11 is 3.31. The van der Waals surface area contributed by atoms with Gasteiger partial charge in [-0.1, -0.05) is 15.9 Å². The Balaban J connectivity index is 2.62. The molecule has 1 aromatic heterocycles. The van der Waals surface area contributed by atoms with Crippen LogP contribution in [0.4, 0.5) is 4.39 Å². The lowest BCUT2D eigenvalue weighted by atomic mass is 10.3. The largest absolute Gasteiger partial charge is 0.301 e. The molecule has 0 saturated heterocycles. The third kappa shape index (κ3) is 1.57. The fourth-order valence-electron chi connectivity index (χ4n) is 1.30. The van der Waals surface area contributed by atoms with Crippen molar-refractivity contribution in [2.24, 2.45) is 0 Å². The summed E-state index contributed by atoms with van der Waals surface area (Å²) in [5.41, 5.74) is 0.509. The number of rotatable bonds is 1. The Hall–Kier alpha value is -1.16. The van der Waals surface area contributed by atoms with Gasteiger partial charge in [0.05, 0.1) is 5.69 Å². The zero-order valence-electron chi connectivity index (χ0n) is 7.54. The van der Waals surface area contributed by atoms with Gasteiger partial charge in [-0.05, 0) is 25.1 Å². The highest BCUT2D eigenvalue weighted by atomic mass is 79.9. The second-order valence-electron chi connectivity index (χ2n) is 2.94. The molecule has 0 aliphatic rings. The molecule has 0 aliphatic heterocycles. The van der Waals surface area contributed by atoms with Gasteiger partial charge in [0.2, 0.25) is 0 Å². The zero-order chi connectivity index (χ0) is 10.1. The summed E-state index contributed by atoms with van der Waals surface area (Å²) in [6.45, 7) is 1.83. The van der Waals surface area contributed by atoms with Crippen LogP contribution >= 0.6 is 15.9 Å². The van der Waals surface area contributed by atoms with Gasteiger partial charge >= 0.3 is 0 Å². The van der Waals surface area contributed by atoms with Gasteiger partial charge in [0.15, 0.2) is 0 Å². The van der Waals surface area contributed by atoms with Crippen LogP contribution in [-0.2, 0) is 0 Å². The molecule has 0 fully saturated rings. The van der Waals surface area contributed by atoms with Crippen molar-refractivity contribution in [3.63, 3.8) is 0 Å². The topological polar surface area (TPSA) is 17.8 Å². The molecule has 1 aromatic carbocycles. The van der Waals surface area contributed by atoms with E-state index >= 15 is 0 Å². The number of hydrogen-bond donors (Lipinski definition) is 0. The molecule has 0 spiro atoms. The van der Waals surface area contributed by atoms with Gasteiger partial charge in [0.1, 0.15) is 11.6 Å². The molecule has 4 heteroatoms. The van der Waals surface area contributed by atoms with Crippen molar-refractivity contribution in [3.8, 4) is 5.69 Å². The summed E-state index contributed by atoms with van der Waals surface area (Å²) in [4.78, 5) is 4.04. The van der Waals surface area contributed by atoms with Gasteiger partial charge < -0.3 is 4.57 Å². The fraction of sp³-hybridized carbons (Fsp3) is 0.100. The quantitative estimate of drug-likeness (QED) is 0.765. The van der Waals surface area contributed by atoms with E-state index in [2.05, 4.69) is 20.9 Å². The maximum absolute atomic E-state index is 13.4. The van der Waals surface area contributed by atoms with E-state index < -0.39 is 0 Å². The van der Waals surface area contributed by atoms with Crippen molar-refractivity contribution in [1.29, 1.82) is 0 Å². The Morgan fingerprint density at radius 3 is 2.86 bits per heavy atom. The maximum Gasteiger partial charge on any atom is 0.147 e. The van der Waals surface area contributed by atoms with E-state index in [-0.39, 0.29) is 5.82 Å². The standard InChI is InChI=1S/C10H8BrFN2/c1-7-13-4-5-14(7)10-6-8(11)2-3-9(10)12/h2-6H,1H3. The average molecular weight is 255 g/mol. The summed E-state index contributed by atoms with van der Waals surface area (Å²) in [7, 11) is 0. The van der Waals surface area contributed by atoms with Crippen LogP contribution in [0.3, 0.4) is 0 Å². The molecule has 0 N–H and O–H groups in total. The SMILES string of the molecule is Cc1nccn1-c1cc(Br)ccc1F. The molecule has 0 aliphatic carbocycles. The van der Waals surface area contributed by atoms with Gasteiger partial charge in [0, 0.05) is 16.9 Å². The van der Waals surface area contributed by atoms with Crippen molar-refractivity contribution in [3.05, 3.63) is 46.7 Å². The van der Waals surface area contributed by atoms with Crippen LogP contribution in [0.15, 0.2) is 35.1 Å². The molecule has 0 bridgehead atoms. The predicted octanol–water partition coefficient (Wildman–Crippen LogP) is 3.08. The lowest BCUT2D eigenvalue weighted by Crippen LogP contribution is -1.98. The summed E-state index contributed by atoms with van der Waals surface area (Å²) < 4.78 is 16.0. The first-order chi connectivity index (χ1) is 6.68. The predicted molar refractivity (Wildman–Crippen MR) is 56.0 cm³/mol. The van der Waals surface area contributed by atoms with Crippen LogP contribution < -0.4 is 0 Å². The lowest BCUT2D eigenvalue weighted by Gasteiger charge is -2.06. The van der Waals surface area contributed by atoms with Crippen molar-refractivity contribution < 1.29 is 4.39 Å². The Bertz CT molecular complexity index is 465. The van der Waals surface area contributed by atoms with Gasteiger partial charge in [0.25, 0.3) is 0 Å². The van der Waals surface area contributed by atoms with Gasteiger partial charge in [-0.3, -0.25) is 0 Å². The van der Waals surface area contributed by atoms with Crippen LogP contribution in [0.1, 0.15) is 5.82 Å². The molecular weight excluding hydrogens is 247 g/mol. The summed E-state index contributed by atoms with van der Waals surface area (Å²) in [6.07, 6.45) is 3.38. The highest BCUT2D eigenvalue weighted by Gasteiger charge is 2.06. The van der Waals surface area contributed by atoms with Crippen LogP contribution in [-0.4, -0.2) is 9.55 Å². The van der Waals surface area contributed by atoms with E-state index in [1.165, 1.54) is 6.07 Å². The molecule has 0 saturated carbocycles. The first kappa shape index (κ1) is 9.40. The number of nitrogens with zero attached hydrogens (tertiary/aromatic N) is 2. The average Bonchev–Trinajstić information content (AvgIpc) is 2.56. The van der Waals surface area contributed by atoms with Crippen molar-refractivity contribution >= 4 is 15.9 Å². The number of halogens is 2. The second kappa shape index (κ2) is 3.53. The zero-order valence-corrected chi connectivity index (χ0v) is 9.12. The molecule has 2 rings (SSSR count). The minimum absolute atomic E-state index is 0.255. The Kier molecular flexibility index (Phi) is 2.37. The highest BCUT2D eigenvalue weighted by molar-refractivity contribution is 9.10. The van der Waals surface area contributed by atoms with E-state index in [4.69, 9.17) is 0 Å². The minimum Gasteiger partial charge on any atom is -0.301 e. The summed E-state index contributed by atoms with van der Waals surface area (Å²) in [5.74, 6) is 0.510.